The summed E-state index contributed by atoms with van der Waals surface area (Å²) < 4.78 is 27.8. The molecule has 174 valence electrons. The van der Waals surface area contributed by atoms with Gasteiger partial charge in [0.2, 0.25) is 0 Å². The Labute approximate surface area is 187 Å². The number of aromatic amines is 1. The number of halogens is 2. The van der Waals surface area contributed by atoms with E-state index in [-0.39, 0.29) is 17.4 Å². The lowest BCUT2D eigenvalue weighted by atomic mass is 9.98. The molecule has 9 heteroatoms. The van der Waals surface area contributed by atoms with E-state index in [1.165, 1.54) is 25.1 Å². The summed E-state index contributed by atoms with van der Waals surface area (Å²) in [4.78, 5) is 27.6. The smallest absolute Gasteiger partial charge is 0.274 e. The van der Waals surface area contributed by atoms with Gasteiger partial charge in [0.25, 0.3) is 11.8 Å². The van der Waals surface area contributed by atoms with Crippen LogP contribution >= 0.6 is 0 Å². The zero-order valence-corrected chi connectivity index (χ0v) is 18.6. The molecule has 2 amide bonds. The predicted molar refractivity (Wildman–Crippen MR) is 119 cm³/mol. The van der Waals surface area contributed by atoms with Crippen molar-refractivity contribution in [1.82, 2.24) is 20.4 Å². The maximum Gasteiger partial charge on any atom is 0.274 e. The normalized spacial score (nSPS) is 15.2. The summed E-state index contributed by atoms with van der Waals surface area (Å²) >= 11 is 0. The largest absolute Gasteiger partial charge is 0.348 e. The molecule has 0 radical (unpaired) electrons. The Kier molecular flexibility index (Phi) is 8.33. The third-order valence-corrected chi connectivity index (χ3v) is 5.92. The van der Waals surface area contributed by atoms with Crippen molar-refractivity contribution >= 4 is 17.5 Å². The highest BCUT2D eigenvalue weighted by Gasteiger charge is 2.27. The lowest BCUT2D eigenvalue weighted by molar-refractivity contribution is 0.0877. The maximum absolute atomic E-state index is 13.9. The first-order valence-electron chi connectivity index (χ1n) is 11.3. The number of likely N-dealkylation sites (tertiary alicyclic amines) is 1. The van der Waals surface area contributed by atoms with Gasteiger partial charge in [0.05, 0.1) is 5.69 Å². The molecule has 2 heterocycles. The van der Waals surface area contributed by atoms with E-state index in [4.69, 9.17) is 0 Å². The molecule has 1 aromatic carbocycles. The molecule has 7 nitrogen and oxygen atoms in total. The Morgan fingerprint density at radius 3 is 2.34 bits per heavy atom. The standard InChI is InChI=1S/C23H31F2N5O2/c1-3-6-16(7-4-2)30-12-10-15(11-13-30)27-23(32)21-19(14-26-29-21)28-22(31)20-17(24)8-5-9-18(20)25/h5,8-9,14-16H,3-4,6-7,10-13H2,1-2H3,(H,26,29)(H,27,32)(H,28,31). The fraction of sp³-hybridized carbons (Fsp3) is 0.522. The zero-order chi connectivity index (χ0) is 23.1. The van der Waals surface area contributed by atoms with Crippen molar-refractivity contribution < 1.29 is 18.4 Å². The topological polar surface area (TPSA) is 90.1 Å². The van der Waals surface area contributed by atoms with Crippen LogP contribution in [-0.4, -0.2) is 52.1 Å². The van der Waals surface area contributed by atoms with Gasteiger partial charge in [0.15, 0.2) is 5.69 Å². The number of carbonyl (C=O) groups is 2. The van der Waals surface area contributed by atoms with Gasteiger partial charge in [0.1, 0.15) is 17.2 Å². The number of carbonyl (C=O) groups excluding carboxylic acids is 2. The number of benzene rings is 1. The summed E-state index contributed by atoms with van der Waals surface area (Å²) in [5, 5.41) is 11.8. The maximum atomic E-state index is 13.9. The second kappa shape index (κ2) is 11.2. The summed E-state index contributed by atoms with van der Waals surface area (Å²) in [6, 6.07) is 3.77. The minimum Gasteiger partial charge on any atom is -0.348 e. The average Bonchev–Trinajstić information content (AvgIpc) is 3.22. The lowest BCUT2D eigenvalue weighted by Gasteiger charge is -2.37. The number of nitrogens with one attached hydrogen (secondary N) is 3. The number of nitrogens with zero attached hydrogens (tertiary/aromatic N) is 2. The zero-order valence-electron chi connectivity index (χ0n) is 18.6. The first kappa shape index (κ1) is 23.8. The molecule has 2 aromatic rings. The van der Waals surface area contributed by atoms with Crippen LogP contribution in [0.4, 0.5) is 14.5 Å². The average molecular weight is 448 g/mol. The van der Waals surface area contributed by atoms with Crippen molar-refractivity contribution in [3.05, 3.63) is 47.3 Å². The van der Waals surface area contributed by atoms with Gasteiger partial charge in [-0.3, -0.25) is 14.7 Å². The van der Waals surface area contributed by atoms with Gasteiger partial charge < -0.3 is 15.5 Å². The molecule has 0 atom stereocenters. The molecule has 1 saturated heterocycles. The van der Waals surface area contributed by atoms with Crippen LogP contribution in [0.5, 0.6) is 0 Å². The summed E-state index contributed by atoms with van der Waals surface area (Å²) in [5.74, 6) is -3.38. The summed E-state index contributed by atoms with van der Waals surface area (Å²) in [5.41, 5.74) is -0.660. The van der Waals surface area contributed by atoms with Crippen LogP contribution in [0.3, 0.4) is 0 Å². The molecule has 1 aromatic heterocycles. The SMILES string of the molecule is CCCC(CCC)N1CCC(NC(=O)c2n[nH]cc2NC(=O)c2c(F)cccc2F)CC1. The second-order valence-corrected chi connectivity index (χ2v) is 8.21. The van der Waals surface area contributed by atoms with Gasteiger partial charge in [-0.1, -0.05) is 32.8 Å². The fourth-order valence-corrected chi connectivity index (χ4v) is 4.30. The van der Waals surface area contributed by atoms with E-state index in [2.05, 4.69) is 39.6 Å². The van der Waals surface area contributed by atoms with E-state index < -0.39 is 29.0 Å². The van der Waals surface area contributed by atoms with Gasteiger partial charge in [-0.25, -0.2) is 8.78 Å². The highest BCUT2D eigenvalue weighted by Crippen LogP contribution is 2.21. The number of rotatable bonds is 9. The monoisotopic (exact) mass is 447 g/mol. The number of amides is 2. The molecule has 1 aliphatic rings. The third-order valence-electron chi connectivity index (χ3n) is 5.92. The van der Waals surface area contributed by atoms with Crippen LogP contribution in [-0.2, 0) is 0 Å². The number of hydrogen-bond acceptors (Lipinski definition) is 4. The quantitative estimate of drug-likeness (QED) is 0.540. The number of aromatic nitrogens is 2. The first-order valence-corrected chi connectivity index (χ1v) is 11.3. The van der Waals surface area contributed by atoms with Crippen LogP contribution in [0.1, 0.15) is 73.2 Å². The van der Waals surface area contributed by atoms with E-state index in [0.29, 0.717) is 6.04 Å². The number of hydrogen-bond donors (Lipinski definition) is 3. The van der Waals surface area contributed by atoms with Crippen molar-refractivity contribution in [2.75, 3.05) is 18.4 Å². The highest BCUT2D eigenvalue weighted by molar-refractivity contribution is 6.08. The molecular weight excluding hydrogens is 416 g/mol. The predicted octanol–water partition coefficient (Wildman–Crippen LogP) is 4.10. The lowest BCUT2D eigenvalue weighted by Crippen LogP contribution is -2.48. The summed E-state index contributed by atoms with van der Waals surface area (Å²) in [7, 11) is 0. The van der Waals surface area contributed by atoms with E-state index >= 15 is 0 Å². The molecule has 0 aliphatic carbocycles. The van der Waals surface area contributed by atoms with Crippen molar-refractivity contribution in [1.29, 1.82) is 0 Å². The molecule has 3 N–H and O–H groups in total. The van der Waals surface area contributed by atoms with Gasteiger partial charge in [-0.15, -0.1) is 0 Å². The van der Waals surface area contributed by atoms with E-state index in [0.717, 1.165) is 50.9 Å². The van der Waals surface area contributed by atoms with Crippen molar-refractivity contribution in [2.24, 2.45) is 0 Å². The van der Waals surface area contributed by atoms with Crippen LogP contribution in [0.25, 0.3) is 0 Å². The van der Waals surface area contributed by atoms with Crippen molar-refractivity contribution in [3.8, 4) is 0 Å². The third kappa shape index (κ3) is 5.70. The minimum absolute atomic E-state index is 0.00640. The molecule has 0 spiro atoms. The first-order chi connectivity index (χ1) is 15.4. The van der Waals surface area contributed by atoms with Crippen molar-refractivity contribution in [3.63, 3.8) is 0 Å². The van der Waals surface area contributed by atoms with Crippen LogP contribution < -0.4 is 10.6 Å². The van der Waals surface area contributed by atoms with Crippen LogP contribution in [0.15, 0.2) is 24.4 Å². The molecule has 32 heavy (non-hydrogen) atoms. The Morgan fingerprint density at radius 1 is 1.12 bits per heavy atom. The van der Waals surface area contributed by atoms with E-state index in [1.807, 2.05) is 0 Å². The van der Waals surface area contributed by atoms with E-state index in [9.17, 15) is 18.4 Å². The van der Waals surface area contributed by atoms with Gasteiger partial charge >= 0.3 is 0 Å². The van der Waals surface area contributed by atoms with Crippen LogP contribution in [0, 0.1) is 11.6 Å². The Balaban J connectivity index is 1.59. The molecule has 0 unspecified atom stereocenters. The summed E-state index contributed by atoms with van der Waals surface area (Å²) in [6.45, 7) is 6.26. The molecule has 0 bridgehead atoms. The molecule has 1 fully saturated rings. The van der Waals surface area contributed by atoms with E-state index in [1.54, 1.807) is 0 Å². The Hall–Kier alpha value is -2.81. The van der Waals surface area contributed by atoms with Crippen molar-refractivity contribution in [2.45, 2.75) is 64.5 Å². The molecule has 3 rings (SSSR count). The molecule has 0 saturated carbocycles. The van der Waals surface area contributed by atoms with Gasteiger partial charge in [-0.05, 0) is 37.8 Å². The summed E-state index contributed by atoms with van der Waals surface area (Å²) in [6.07, 6.45) is 7.67. The molecular formula is C23H31F2N5O2. The molecule has 1 aliphatic heterocycles. The Morgan fingerprint density at radius 2 is 1.75 bits per heavy atom. The second-order valence-electron chi connectivity index (χ2n) is 8.21. The number of piperidine rings is 1. The minimum atomic E-state index is -0.984. The number of anilines is 1. The number of H-pyrrole nitrogens is 1. The van der Waals surface area contributed by atoms with Gasteiger partial charge in [-0.2, -0.15) is 5.10 Å². The fourth-order valence-electron chi connectivity index (χ4n) is 4.30. The Bertz CT molecular complexity index is 899. The highest BCUT2D eigenvalue weighted by atomic mass is 19.1. The van der Waals surface area contributed by atoms with Gasteiger partial charge in [0, 0.05) is 31.4 Å². The van der Waals surface area contributed by atoms with Crippen LogP contribution in [0.2, 0.25) is 0 Å².